The fourth-order valence-corrected chi connectivity index (χ4v) is 3.45. The van der Waals surface area contributed by atoms with Crippen LogP contribution in [0.5, 0.6) is 0 Å². The third-order valence-corrected chi connectivity index (χ3v) is 4.89. The van der Waals surface area contributed by atoms with Crippen LogP contribution in [0.2, 0.25) is 0 Å². The Labute approximate surface area is 141 Å². The molecule has 4 nitrogen and oxygen atoms in total. The molecule has 2 heterocycles. The molecule has 1 aromatic carbocycles. The zero-order chi connectivity index (χ0) is 16.1. The molecule has 0 radical (unpaired) electrons. The molecule has 1 aromatic heterocycles. The molecule has 0 atom stereocenters. The normalized spacial score (nSPS) is 16.4. The Morgan fingerprint density at radius 1 is 1.09 bits per heavy atom. The first kappa shape index (κ1) is 16.2. The maximum absolute atomic E-state index is 12.1. The number of piperazine rings is 1. The summed E-state index contributed by atoms with van der Waals surface area (Å²) in [7, 11) is 0. The summed E-state index contributed by atoms with van der Waals surface area (Å²) in [5.41, 5.74) is 3.46. The van der Waals surface area contributed by atoms with Crippen LogP contribution in [0.1, 0.15) is 11.1 Å². The lowest BCUT2D eigenvalue weighted by atomic mass is 10.2. The molecule has 5 heteroatoms. The van der Waals surface area contributed by atoms with Crippen LogP contribution >= 0.6 is 11.3 Å². The molecule has 0 bridgehead atoms. The van der Waals surface area contributed by atoms with Crippen molar-refractivity contribution in [3.05, 3.63) is 52.2 Å². The zero-order valence-corrected chi connectivity index (χ0v) is 14.3. The SMILES string of the molecule is Cc1ccc(NC(=O)CN2CCN(Cc3ccsc3)CC2)cc1. The molecule has 1 N–H and O–H groups in total. The molecule has 23 heavy (non-hydrogen) atoms. The van der Waals surface area contributed by atoms with Crippen molar-refractivity contribution in [2.45, 2.75) is 13.5 Å². The van der Waals surface area contributed by atoms with Crippen molar-refractivity contribution in [1.82, 2.24) is 9.80 Å². The van der Waals surface area contributed by atoms with E-state index in [-0.39, 0.29) is 5.91 Å². The second kappa shape index (κ2) is 7.73. The van der Waals surface area contributed by atoms with Crippen molar-refractivity contribution < 1.29 is 4.79 Å². The molecule has 1 aliphatic heterocycles. The molecule has 3 rings (SSSR count). The van der Waals surface area contributed by atoms with Gasteiger partial charge >= 0.3 is 0 Å². The smallest absolute Gasteiger partial charge is 0.238 e. The van der Waals surface area contributed by atoms with Gasteiger partial charge in [0.2, 0.25) is 5.91 Å². The van der Waals surface area contributed by atoms with E-state index in [4.69, 9.17) is 0 Å². The minimum Gasteiger partial charge on any atom is -0.325 e. The summed E-state index contributed by atoms with van der Waals surface area (Å²) in [6.07, 6.45) is 0. The van der Waals surface area contributed by atoms with Crippen LogP contribution in [-0.2, 0) is 11.3 Å². The van der Waals surface area contributed by atoms with Crippen molar-refractivity contribution in [3.63, 3.8) is 0 Å². The summed E-state index contributed by atoms with van der Waals surface area (Å²) in [6.45, 7) is 7.48. The first-order valence-corrected chi connectivity index (χ1v) is 8.95. The van der Waals surface area contributed by atoms with Gasteiger partial charge in [-0.1, -0.05) is 17.7 Å². The van der Waals surface area contributed by atoms with E-state index < -0.39 is 0 Å². The van der Waals surface area contributed by atoms with E-state index in [9.17, 15) is 4.79 Å². The number of nitrogens with one attached hydrogen (secondary N) is 1. The van der Waals surface area contributed by atoms with E-state index in [1.807, 2.05) is 31.2 Å². The van der Waals surface area contributed by atoms with E-state index in [0.29, 0.717) is 6.54 Å². The molecule has 0 saturated carbocycles. The van der Waals surface area contributed by atoms with E-state index >= 15 is 0 Å². The highest BCUT2D eigenvalue weighted by molar-refractivity contribution is 7.07. The molecule has 0 spiro atoms. The topological polar surface area (TPSA) is 35.6 Å². The first-order valence-electron chi connectivity index (χ1n) is 8.01. The van der Waals surface area contributed by atoms with Crippen LogP contribution in [0.15, 0.2) is 41.1 Å². The average molecular weight is 329 g/mol. The number of thiophene rings is 1. The second-order valence-corrected chi connectivity index (χ2v) is 6.88. The van der Waals surface area contributed by atoms with Gasteiger partial charge in [-0.15, -0.1) is 0 Å². The summed E-state index contributed by atoms with van der Waals surface area (Å²) in [4.78, 5) is 16.8. The van der Waals surface area contributed by atoms with E-state index in [1.165, 1.54) is 11.1 Å². The van der Waals surface area contributed by atoms with Gasteiger partial charge in [-0.05, 0) is 41.4 Å². The summed E-state index contributed by atoms with van der Waals surface area (Å²) in [6, 6.07) is 10.1. The Kier molecular flexibility index (Phi) is 5.43. The molecule has 2 aromatic rings. The Bertz CT molecular complexity index is 616. The van der Waals surface area contributed by atoms with Crippen LogP contribution in [0.4, 0.5) is 5.69 Å². The third kappa shape index (κ3) is 4.89. The number of anilines is 1. The number of benzene rings is 1. The molecule has 0 aliphatic carbocycles. The molecule has 122 valence electrons. The monoisotopic (exact) mass is 329 g/mol. The lowest BCUT2D eigenvalue weighted by Crippen LogP contribution is -2.48. The maximum atomic E-state index is 12.1. The van der Waals surface area contributed by atoms with Crippen molar-refractivity contribution in [1.29, 1.82) is 0 Å². The molecule has 1 amide bonds. The van der Waals surface area contributed by atoms with Crippen molar-refractivity contribution in [2.24, 2.45) is 0 Å². The Hall–Kier alpha value is -1.69. The van der Waals surface area contributed by atoms with Gasteiger partial charge in [0.15, 0.2) is 0 Å². The molecular weight excluding hydrogens is 306 g/mol. The van der Waals surface area contributed by atoms with E-state index in [2.05, 4.69) is 31.9 Å². The number of hydrogen-bond acceptors (Lipinski definition) is 4. The standard InChI is InChI=1S/C18H23N3OS/c1-15-2-4-17(5-3-15)19-18(22)13-21-9-7-20(8-10-21)12-16-6-11-23-14-16/h2-6,11,14H,7-10,12-13H2,1H3,(H,19,22). The Morgan fingerprint density at radius 3 is 2.43 bits per heavy atom. The zero-order valence-electron chi connectivity index (χ0n) is 13.5. The number of amides is 1. The van der Waals surface area contributed by atoms with Gasteiger partial charge in [0.1, 0.15) is 0 Å². The average Bonchev–Trinajstić information content (AvgIpc) is 3.04. The fraction of sp³-hybridized carbons (Fsp3) is 0.389. The van der Waals surface area contributed by atoms with Crippen LogP contribution < -0.4 is 5.32 Å². The number of rotatable bonds is 5. The van der Waals surface area contributed by atoms with Crippen LogP contribution in [-0.4, -0.2) is 48.4 Å². The van der Waals surface area contributed by atoms with Crippen molar-refractivity contribution in [2.75, 3.05) is 38.0 Å². The highest BCUT2D eigenvalue weighted by atomic mass is 32.1. The van der Waals surface area contributed by atoms with Crippen LogP contribution in [0, 0.1) is 6.92 Å². The summed E-state index contributed by atoms with van der Waals surface area (Å²) >= 11 is 1.75. The second-order valence-electron chi connectivity index (χ2n) is 6.10. The molecule has 1 saturated heterocycles. The Morgan fingerprint density at radius 2 is 1.78 bits per heavy atom. The van der Waals surface area contributed by atoms with Gasteiger partial charge in [0.25, 0.3) is 0 Å². The predicted octanol–water partition coefficient (Wildman–Crippen LogP) is 2.81. The largest absolute Gasteiger partial charge is 0.325 e. The molecular formula is C18H23N3OS. The van der Waals surface area contributed by atoms with Gasteiger partial charge in [0, 0.05) is 38.4 Å². The number of nitrogens with zero attached hydrogens (tertiary/aromatic N) is 2. The van der Waals surface area contributed by atoms with Gasteiger partial charge in [-0.2, -0.15) is 11.3 Å². The minimum atomic E-state index is 0.0696. The summed E-state index contributed by atoms with van der Waals surface area (Å²) < 4.78 is 0. The third-order valence-electron chi connectivity index (χ3n) is 4.15. The summed E-state index contributed by atoms with van der Waals surface area (Å²) in [5.74, 6) is 0.0696. The minimum absolute atomic E-state index is 0.0696. The van der Waals surface area contributed by atoms with Crippen molar-refractivity contribution >= 4 is 22.9 Å². The highest BCUT2D eigenvalue weighted by Gasteiger charge is 2.19. The number of carbonyl (C=O) groups is 1. The van der Waals surface area contributed by atoms with Gasteiger partial charge in [-0.25, -0.2) is 0 Å². The highest BCUT2D eigenvalue weighted by Crippen LogP contribution is 2.12. The Balaban J connectivity index is 1.41. The molecule has 1 fully saturated rings. The maximum Gasteiger partial charge on any atom is 0.238 e. The lowest BCUT2D eigenvalue weighted by Gasteiger charge is -2.34. The van der Waals surface area contributed by atoms with Gasteiger partial charge in [0.05, 0.1) is 6.54 Å². The van der Waals surface area contributed by atoms with Gasteiger partial charge < -0.3 is 5.32 Å². The quantitative estimate of drug-likeness (QED) is 0.916. The van der Waals surface area contributed by atoms with E-state index in [0.717, 1.165) is 38.4 Å². The van der Waals surface area contributed by atoms with Crippen LogP contribution in [0.3, 0.4) is 0 Å². The van der Waals surface area contributed by atoms with Gasteiger partial charge in [-0.3, -0.25) is 14.6 Å². The molecule has 1 aliphatic rings. The van der Waals surface area contributed by atoms with E-state index in [1.54, 1.807) is 11.3 Å². The lowest BCUT2D eigenvalue weighted by molar-refractivity contribution is -0.117. The number of aryl methyl sites for hydroxylation is 1. The fourth-order valence-electron chi connectivity index (χ4n) is 2.79. The number of carbonyl (C=O) groups excluding carboxylic acids is 1. The van der Waals surface area contributed by atoms with Crippen molar-refractivity contribution in [3.8, 4) is 0 Å². The first-order chi connectivity index (χ1) is 11.2. The van der Waals surface area contributed by atoms with Crippen LogP contribution in [0.25, 0.3) is 0 Å². The summed E-state index contributed by atoms with van der Waals surface area (Å²) in [5, 5.41) is 7.31. The molecule has 0 unspecified atom stereocenters. The predicted molar refractivity (Wildman–Crippen MR) is 95.8 cm³/mol. The number of hydrogen-bond donors (Lipinski definition) is 1.